The van der Waals surface area contributed by atoms with Gasteiger partial charge in [0.15, 0.2) is 0 Å². The highest BCUT2D eigenvalue weighted by Gasteiger charge is 2.45. The Balaban J connectivity index is 1.46. The zero-order valence-electron chi connectivity index (χ0n) is 14.2. The van der Waals surface area contributed by atoms with Crippen molar-refractivity contribution in [3.05, 3.63) is 16.6 Å². The summed E-state index contributed by atoms with van der Waals surface area (Å²) < 4.78 is 5.56. The van der Waals surface area contributed by atoms with Crippen LogP contribution in [0.2, 0.25) is 0 Å². The number of hydrogen-bond acceptors (Lipinski definition) is 4. The largest absolute Gasteiger partial charge is 0.381 e. The molecule has 1 aromatic heterocycles. The molecule has 3 fully saturated rings. The van der Waals surface area contributed by atoms with Crippen LogP contribution in [0.5, 0.6) is 0 Å². The van der Waals surface area contributed by atoms with E-state index in [1.165, 1.54) is 19.3 Å². The standard InChI is InChI=1S/C18H27N3O2S/c22-17(20-15-5-3-6-18(15)7-11-23-12-8-18)21-10-2-1-4-14(21)16-19-9-13-24-16/h9,13-15H,1-8,10-12H2,(H,20,22)/t14-,15-/m0/s1. The minimum atomic E-state index is 0.118. The predicted octanol–water partition coefficient (Wildman–Crippen LogP) is 3.73. The second kappa shape index (κ2) is 7.00. The number of carbonyl (C=O) groups is 1. The van der Waals surface area contributed by atoms with Crippen LogP contribution in [-0.4, -0.2) is 41.7 Å². The lowest BCUT2D eigenvalue weighted by Crippen LogP contribution is -2.52. The molecular formula is C18H27N3O2S. The summed E-state index contributed by atoms with van der Waals surface area (Å²) in [6.07, 6.45) is 10.9. The first-order valence-corrected chi connectivity index (χ1v) is 10.2. The van der Waals surface area contributed by atoms with E-state index in [0.717, 1.165) is 56.9 Å². The van der Waals surface area contributed by atoms with Crippen LogP contribution in [0.4, 0.5) is 4.79 Å². The number of aromatic nitrogens is 1. The quantitative estimate of drug-likeness (QED) is 0.885. The number of ether oxygens (including phenoxy) is 1. The van der Waals surface area contributed by atoms with Gasteiger partial charge in [-0.3, -0.25) is 0 Å². The fourth-order valence-corrected chi connectivity index (χ4v) is 5.59. The third kappa shape index (κ3) is 3.06. The van der Waals surface area contributed by atoms with Gasteiger partial charge in [0.05, 0.1) is 6.04 Å². The summed E-state index contributed by atoms with van der Waals surface area (Å²) in [6.45, 7) is 2.54. The first-order valence-electron chi connectivity index (χ1n) is 9.33. The maximum atomic E-state index is 13.0. The molecule has 1 aliphatic carbocycles. The maximum Gasteiger partial charge on any atom is 0.318 e. The van der Waals surface area contributed by atoms with Gasteiger partial charge in [-0.05, 0) is 50.4 Å². The van der Waals surface area contributed by atoms with Gasteiger partial charge in [0.1, 0.15) is 5.01 Å². The van der Waals surface area contributed by atoms with Gasteiger partial charge in [-0.2, -0.15) is 0 Å². The summed E-state index contributed by atoms with van der Waals surface area (Å²) in [5.74, 6) is 0. The van der Waals surface area contributed by atoms with Crippen LogP contribution < -0.4 is 5.32 Å². The maximum absolute atomic E-state index is 13.0. The zero-order chi connectivity index (χ0) is 16.4. The molecule has 3 heterocycles. The fourth-order valence-electron chi connectivity index (χ4n) is 4.80. The molecule has 24 heavy (non-hydrogen) atoms. The molecule has 2 aliphatic heterocycles. The Morgan fingerprint density at radius 3 is 2.92 bits per heavy atom. The van der Waals surface area contributed by atoms with Gasteiger partial charge in [0, 0.05) is 37.4 Å². The molecule has 2 saturated heterocycles. The topological polar surface area (TPSA) is 54.5 Å². The highest BCUT2D eigenvalue weighted by molar-refractivity contribution is 7.09. The van der Waals surface area contributed by atoms with E-state index in [2.05, 4.69) is 10.3 Å². The van der Waals surface area contributed by atoms with Crippen molar-refractivity contribution in [1.82, 2.24) is 15.2 Å². The van der Waals surface area contributed by atoms with Crippen molar-refractivity contribution < 1.29 is 9.53 Å². The molecule has 1 aromatic rings. The lowest BCUT2D eigenvalue weighted by atomic mass is 9.75. The van der Waals surface area contributed by atoms with Gasteiger partial charge in [-0.15, -0.1) is 11.3 Å². The van der Waals surface area contributed by atoms with Gasteiger partial charge in [-0.25, -0.2) is 9.78 Å². The predicted molar refractivity (Wildman–Crippen MR) is 94.1 cm³/mol. The normalized spacial score (nSPS) is 29.8. The average Bonchev–Trinajstić information content (AvgIpc) is 3.27. The number of carbonyl (C=O) groups excluding carboxylic acids is 1. The molecule has 0 radical (unpaired) electrons. The lowest BCUT2D eigenvalue weighted by molar-refractivity contribution is 0.00486. The zero-order valence-corrected chi connectivity index (χ0v) is 15.0. The smallest absolute Gasteiger partial charge is 0.318 e. The second-order valence-electron chi connectivity index (χ2n) is 7.44. The summed E-state index contributed by atoms with van der Waals surface area (Å²) in [7, 11) is 0. The molecule has 1 N–H and O–H groups in total. The number of nitrogens with zero attached hydrogens (tertiary/aromatic N) is 2. The van der Waals surface area contributed by atoms with E-state index >= 15 is 0 Å². The van der Waals surface area contributed by atoms with Crippen molar-refractivity contribution in [3.8, 4) is 0 Å². The number of hydrogen-bond donors (Lipinski definition) is 1. The Bertz CT molecular complexity index is 557. The molecule has 2 atom stereocenters. The van der Waals surface area contributed by atoms with Crippen LogP contribution in [0.1, 0.15) is 62.4 Å². The summed E-state index contributed by atoms with van der Waals surface area (Å²) in [6, 6.07) is 0.589. The Kier molecular flexibility index (Phi) is 4.77. The van der Waals surface area contributed by atoms with Gasteiger partial charge < -0.3 is 15.0 Å². The summed E-state index contributed by atoms with van der Waals surface area (Å²) in [5, 5.41) is 6.50. The number of rotatable bonds is 2. The van der Waals surface area contributed by atoms with E-state index in [4.69, 9.17) is 4.74 Å². The monoisotopic (exact) mass is 349 g/mol. The second-order valence-corrected chi connectivity index (χ2v) is 8.37. The van der Waals surface area contributed by atoms with Crippen LogP contribution >= 0.6 is 11.3 Å². The Hall–Kier alpha value is -1.14. The van der Waals surface area contributed by atoms with Gasteiger partial charge in [-0.1, -0.05) is 6.42 Å². The molecule has 1 saturated carbocycles. The molecule has 132 valence electrons. The molecule has 0 unspecified atom stereocenters. The van der Waals surface area contributed by atoms with E-state index in [1.807, 2.05) is 16.5 Å². The number of likely N-dealkylation sites (tertiary alicyclic amines) is 1. The van der Waals surface area contributed by atoms with Crippen LogP contribution in [0.15, 0.2) is 11.6 Å². The molecule has 1 spiro atoms. The SMILES string of the molecule is O=C(N[C@H]1CCCC12CCOCC2)N1CCCC[C@H]1c1nccs1. The van der Waals surface area contributed by atoms with Crippen molar-refractivity contribution in [3.63, 3.8) is 0 Å². The first-order chi connectivity index (χ1) is 11.8. The summed E-state index contributed by atoms with van der Waals surface area (Å²) in [4.78, 5) is 19.5. The molecule has 2 amide bonds. The first kappa shape index (κ1) is 16.3. The molecule has 6 heteroatoms. The number of nitrogens with one attached hydrogen (secondary N) is 1. The van der Waals surface area contributed by atoms with Crippen LogP contribution in [0.25, 0.3) is 0 Å². The Morgan fingerprint density at radius 2 is 2.12 bits per heavy atom. The molecule has 3 aliphatic rings. The van der Waals surface area contributed by atoms with Gasteiger partial charge in [0.25, 0.3) is 0 Å². The van der Waals surface area contributed by atoms with E-state index in [0.29, 0.717) is 6.04 Å². The minimum Gasteiger partial charge on any atom is -0.381 e. The third-order valence-electron chi connectivity index (χ3n) is 6.19. The Morgan fingerprint density at radius 1 is 1.25 bits per heavy atom. The van der Waals surface area contributed by atoms with E-state index in [1.54, 1.807) is 11.3 Å². The third-order valence-corrected chi connectivity index (χ3v) is 7.07. The van der Waals surface area contributed by atoms with Crippen LogP contribution in [0.3, 0.4) is 0 Å². The van der Waals surface area contributed by atoms with Crippen molar-refractivity contribution in [2.45, 2.75) is 63.5 Å². The number of piperidine rings is 1. The Labute approximate surface area is 147 Å². The highest BCUT2D eigenvalue weighted by atomic mass is 32.1. The van der Waals surface area contributed by atoms with Crippen LogP contribution in [-0.2, 0) is 4.74 Å². The van der Waals surface area contributed by atoms with Crippen molar-refractivity contribution in [1.29, 1.82) is 0 Å². The molecule has 5 nitrogen and oxygen atoms in total. The van der Waals surface area contributed by atoms with Gasteiger partial charge >= 0.3 is 6.03 Å². The van der Waals surface area contributed by atoms with E-state index in [9.17, 15) is 4.79 Å². The van der Waals surface area contributed by atoms with E-state index < -0.39 is 0 Å². The molecule has 0 bridgehead atoms. The number of urea groups is 1. The number of amides is 2. The van der Waals surface area contributed by atoms with Crippen LogP contribution in [0, 0.1) is 5.41 Å². The summed E-state index contributed by atoms with van der Waals surface area (Å²) in [5.41, 5.74) is 0.278. The van der Waals surface area contributed by atoms with Crippen molar-refractivity contribution in [2.75, 3.05) is 19.8 Å². The average molecular weight is 349 g/mol. The minimum absolute atomic E-state index is 0.118. The van der Waals surface area contributed by atoms with Crippen molar-refractivity contribution in [2.24, 2.45) is 5.41 Å². The molecule has 4 rings (SSSR count). The lowest BCUT2D eigenvalue weighted by Gasteiger charge is -2.41. The molecule has 0 aromatic carbocycles. The van der Waals surface area contributed by atoms with Gasteiger partial charge in [0.2, 0.25) is 0 Å². The van der Waals surface area contributed by atoms with E-state index in [-0.39, 0.29) is 17.5 Å². The highest BCUT2D eigenvalue weighted by Crippen LogP contribution is 2.46. The number of thiazole rings is 1. The summed E-state index contributed by atoms with van der Waals surface area (Å²) >= 11 is 1.67. The van der Waals surface area contributed by atoms with Crippen molar-refractivity contribution >= 4 is 17.4 Å². The fraction of sp³-hybridized carbons (Fsp3) is 0.778. The molecular weight excluding hydrogens is 322 g/mol.